The minimum absolute atomic E-state index is 0.610. The van der Waals surface area contributed by atoms with Gasteiger partial charge in [0.05, 0.1) is 0 Å². The SMILES string of the molecule is CCCc1cc(Cl)cc2c1OCCO2. The summed E-state index contributed by atoms with van der Waals surface area (Å²) in [6.07, 6.45) is 2.06. The molecule has 2 rings (SSSR count). The minimum atomic E-state index is 0.610. The molecule has 14 heavy (non-hydrogen) atoms. The van der Waals surface area contributed by atoms with Crippen LogP contribution in [0.5, 0.6) is 11.5 Å². The second kappa shape index (κ2) is 4.09. The van der Waals surface area contributed by atoms with Crippen LogP contribution in [0.4, 0.5) is 0 Å². The molecule has 0 radical (unpaired) electrons. The Morgan fingerprint density at radius 2 is 2.07 bits per heavy atom. The second-order valence-electron chi connectivity index (χ2n) is 3.34. The Labute approximate surface area is 88.8 Å². The zero-order chi connectivity index (χ0) is 9.97. The molecule has 0 atom stereocenters. The molecule has 1 aromatic carbocycles. The number of rotatable bonds is 2. The van der Waals surface area contributed by atoms with E-state index < -0.39 is 0 Å². The predicted molar refractivity (Wildman–Crippen MR) is 56.4 cm³/mol. The number of halogens is 1. The largest absolute Gasteiger partial charge is 0.486 e. The Morgan fingerprint density at radius 3 is 2.86 bits per heavy atom. The highest BCUT2D eigenvalue weighted by molar-refractivity contribution is 6.30. The van der Waals surface area contributed by atoms with Crippen LogP contribution in [0, 0.1) is 0 Å². The third kappa shape index (κ3) is 1.80. The van der Waals surface area contributed by atoms with E-state index in [-0.39, 0.29) is 0 Å². The number of fused-ring (bicyclic) bond motifs is 1. The fourth-order valence-electron chi connectivity index (χ4n) is 1.64. The Hall–Kier alpha value is -0.890. The molecule has 3 heteroatoms. The van der Waals surface area contributed by atoms with Gasteiger partial charge in [0, 0.05) is 11.1 Å². The molecule has 0 N–H and O–H groups in total. The van der Waals surface area contributed by atoms with Gasteiger partial charge in [-0.15, -0.1) is 0 Å². The molecular formula is C11H13ClO2. The van der Waals surface area contributed by atoms with Crippen molar-refractivity contribution in [3.8, 4) is 11.5 Å². The molecule has 0 bridgehead atoms. The zero-order valence-electron chi connectivity index (χ0n) is 8.18. The van der Waals surface area contributed by atoms with Crippen molar-refractivity contribution in [2.45, 2.75) is 19.8 Å². The van der Waals surface area contributed by atoms with Crippen LogP contribution in [-0.4, -0.2) is 13.2 Å². The Bertz CT molecular complexity index is 336. The molecule has 0 aliphatic carbocycles. The molecule has 0 aromatic heterocycles. The van der Waals surface area contributed by atoms with Crippen molar-refractivity contribution in [3.05, 3.63) is 22.7 Å². The van der Waals surface area contributed by atoms with Crippen molar-refractivity contribution >= 4 is 11.6 Å². The smallest absolute Gasteiger partial charge is 0.164 e. The molecule has 1 aliphatic rings. The topological polar surface area (TPSA) is 18.5 Å². The molecule has 76 valence electrons. The van der Waals surface area contributed by atoms with Gasteiger partial charge in [0.25, 0.3) is 0 Å². The van der Waals surface area contributed by atoms with Gasteiger partial charge in [0.2, 0.25) is 0 Å². The third-order valence-electron chi connectivity index (χ3n) is 2.20. The van der Waals surface area contributed by atoms with E-state index in [1.807, 2.05) is 12.1 Å². The summed E-state index contributed by atoms with van der Waals surface area (Å²) in [5.74, 6) is 1.66. The van der Waals surface area contributed by atoms with Crippen LogP contribution in [0.15, 0.2) is 12.1 Å². The molecular weight excluding hydrogens is 200 g/mol. The maximum absolute atomic E-state index is 5.98. The van der Waals surface area contributed by atoms with Crippen molar-refractivity contribution in [1.82, 2.24) is 0 Å². The summed E-state index contributed by atoms with van der Waals surface area (Å²) in [6, 6.07) is 3.77. The summed E-state index contributed by atoms with van der Waals surface area (Å²) in [6.45, 7) is 3.38. The number of hydrogen-bond donors (Lipinski definition) is 0. The highest BCUT2D eigenvalue weighted by atomic mass is 35.5. The van der Waals surface area contributed by atoms with Gasteiger partial charge in [-0.05, 0) is 18.1 Å². The highest BCUT2D eigenvalue weighted by Crippen LogP contribution is 2.37. The van der Waals surface area contributed by atoms with E-state index in [0.717, 1.165) is 34.9 Å². The standard InChI is InChI=1S/C11H13ClO2/c1-2-3-8-6-9(12)7-10-11(8)14-5-4-13-10/h6-7H,2-5H2,1H3. The lowest BCUT2D eigenvalue weighted by atomic mass is 10.1. The molecule has 1 heterocycles. The second-order valence-corrected chi connectivity index (χ2v) is 3.78. The highest BCUT2D eigenvalue weighted by Gasteiger charge is 2.16. The zero-order valence-corrected chi connectivity index (χ0v) is 8.93. The van der Waals surface area contributed by atoms with E-state index in [0.29, 0.717) is 13.2 Å². The summed E-state index contributed by atoms with van der Waals surface area (Å²) in [5, 5.41) is 0.720. The molecule has 2 nitrogen and oxygen atoms in total. The monoisotopic (exact) mass is 212 g/mol. The predicted octanol–water partition coefficient (Wildman–Crippen LogP) is 3.06. The molecule has 0 unspecified atom stereocenters. The van der Waals surface area contributed by atoms with Crippen molar-refractivity contribution in [1.29, 1.82) is 0 Å². The maximum Gasteiger partial charge on any atom is 0.164 e. The Morgan fingerprint density at radius 1 is 1.29 bits per heavy atom. The number of aryl methyl sites for hydroxylation is 1. The van der Waals surface area contributed by atoms with E-state index >= 15 is 0 Å². The van der Waals surface area contributed by atoms with Crippen molar-refractivity contribution in [2.75, 3.05) is 13.2 Å². The van der Waals surface area contributed by atoms with E-state index in [1.54, 1.807) is 0 Å². The summed E-state index contributed by atoms with van der Waals surface area (Å²) in [5.41, 5.74) is 1.15. The average molecular weight is 213 g/mol. The first kappa shape index (κ1) is 9.66. The first-order chi connectivity index (χ1) is 6.81. The van der Waals surface area contributed by atoms with Gasteiger partial charge >= 0.3 is 0 Å². The minimum Gasteiger partial charge on any atom is -0.486 e. The fourth-order valence-corrected chi connectivity index (χ4v) is 1.87. The normalized spacial score (nSPS) is 14.1. The van der Waals surface area contributed by atoms with Gasteiger partial charge in [-0.1, -0.05) is 24.9 Å². The maximum atomic E-state index is 5.98. The number of ether oxygens (including phenoxy) is 2. The summed E-state index contributed by atoms with van der Waals surface area (Å²) in [4.78, 5) is 0. The van der Waals surface area contributed by atoms with Crippen LogP contribution in [0.3, 0.4) is 0 Å². The molecule has 1 aromatic rings. The van der Waals surface area contributed by atoms with Crippen molar-refractivity contribution in [3.63, 3.8) is 0 Å². The molecule has 1 aliphatic heterocycles. The van der Waals surface area contributed by atoms with Gasteiger partial charge < -0.3 is 9.47 Å². The van der Waals surface area contributed by atoms with E-state index in [9.17, 15) is 0 Å². The lowest BCUT2D eigenvalue weighted by molar-refractivity contribution is 0.170. The lowest BCUT2D eigenvalue weighted by Gasteiger charge is -2.21. The van der Waals surface area contributed by atoms with Crippen LogP contribution < -0.4 is 9.47 Å². The van der Waals surface area contributed by atoms with Crippen LogP contribution in [-0.2, 0) is 6.42 Å². The van der Waals surface area contributed by atoms with Gasteiger partial charge in [-0.2, -0.15) is 0 Å². The third-order valence-corrected chi connectivity index (χ3v) is 2.42. The number of benzene rings is 1. The van der Waals surface area contributed by atoms with Gasteiger partial charge in [0.1, 0.15) is 13.2 Å². The van der Waals surface area contributed by atoms with Crippen LogP contribution in [0.1, 0.15) is 18.9 Å². The van der Waals surface area contributed by atoms with Gasteiger partial charge in [0.15, 0.2) is 11.5 Å². The van der Waals surface area contributed by atoms with Gasteiger partial charge in [-0.25, -0.2) is 0 Å². The lowest BCUT2D eigenvalue weighted by Crippen LogP contribution is -2.16. The molecule has 0 spiro atoms. The van der Waals surface area contributed by atoms with Crippen LogP contribution in [0.25, 0.3) is 0 Å². The summed E-state index contributed by atoms with van der Waals surface area (Å²) >= 11 is 5.98. The van der Waals surface area contributed by atoms with Crippen LogP contribution >= 0.6 is 11.6 Å². The first-order valence-corrected chi connectivity index (χ1v) is 5.27. The van der Waals surface area contributed by atoms with E-state index in [4.69, 9.17) is 21.1 Å². The Kier molecular flexibility index (Phi) is 2.82. The summed E-state index contributed by atoms with van der Waals surface area (Å²) in [7, 11) is 0. The fraction of sp³-hybridized carbons (Fsp3) is 0.455. The summed E-state index contributed by atoms with van der Waals surface area (Å²) < 4.78 is 11.1. The molecule has 0 fully saturated rings. The molecule has 0 saturated carbocycles. The van der Waals surface area contributed by atoms with Gasteiger partial charge in [-0.3, -0.25) is 0 Å². The average Bonchev–Trinajstić information content (AvgIpc) is 2.18. The van der Waals surface area contributed by atoms with Crippen LogP contribution in [0.2, 0.25) is 5.02 Å². The van der Waals surface area contributed by atoms with E-state index in [1.165, 1.54) is 0 Å². The number of hydrogen-bond acceptors (Lipinski definition) is 2. The molecule has 0 amide bonds. The van der Waals surface area contributed by atoms with Crippen molar-refractivity contribution in [2.24, 2.45) is 0 Å². The Balaban J connectivity index is 2.41. The first-order valence-electron chi connectivity index (χ1n) is 4.89. The quantitative estimate of drug-likeness (QED) is 0.750. The molecule has 0 saturated heterocycles. The van der Waals surface area contributed by atoms with E-state index in [2.05, 4.69) is 6.92 Å². The van der Waals surface area contributed by atoms with Crippen molar-refractivity contribution < 1.29 is 9.47 Å².